The quantitative estimate of drug-likeness (QED) is 0.165. The molecule has 1 spiro atoms. The smallest absolute Gasteiger partial charge is 0.140 e. The molecule has 3 aliphatic rings. The zero-order chi connectivity index (χ0) is 50.0. The zero-order valence-electron chi connectivity index (χ0n) is 41.5. The molecule has 76 heavy (non-hydrogen) atoms. The van der Waals surface area contributed by atoms with E-state index in [0.29, 0.717) is 0 Å². The average molecular weight is 966 g/mol. The highest BCUT2D eigenvalue weighted by Crippen LogP contribution is 2.65. The molecule has 2 nitrogen and oxygen atoms in total. The van der Waals surface area contributed by atoms with Crippen molar-refractivity contribution in [1.29, 1.82) is 0 Å². The van der Waals surface area contributed by atoms with Gasteiger partial charge in [0.05, 0.1) is 16.5 Å². The van der Waals surface area contributed by atoms with Crippen molar-refractivity contribution in [3.63, 3.8) is 0 Å². The van der Waals surface area contributed by atoms with E-state index in [4.69, 9.17) is 4.74 Å². The van der Waals surface area contributed by atoms with E-state index in [9.17, 15) is 0 Å². The van der Waals surface area contributed by atoms with Crippen LogP contribution in [0.15, 0.2) is 285 Å². The van der Waals surface area contributed by atoms with E-state index in [0.717, 1.165) is 61.2 Å². The van der Waals surface area contributed by atoms with Gasteiger partial charge in [-0.15, -0.1) is 0 Å². The minimum Gasteiger partial charge on any atom is -0.455 e. The summed E-state index contributed by atoms with van der Waals surface area (Å²) in [7, 11) is 0. The fourth-order valence-corrected chi connectivity index (χ4v) is 14.0. The maximum absolute atomic E-state index is 7.29. The van der Waals surface area contributed by atoms with E-state index < -0.39 is 10.8 Å². The number of benzene rings is 13. The van der Waals surface area contributed by atoms with Crippen molar-refractivity contribution in [2.75, 3.05) is 4.90 Å². The van der Waals surface area contributed by atoms with Gasteiger partial charge in [-0.2, -0.15) is 0 Å². The van der Waals surface area contributed by atoms with Crippen LogP contribution >= 0.6 is 0 Å². The molecular weight excluding hydrogens is 919 g/mol. The summed E-state index contributed by atoms with van der Waals surface area (Å²) in [4.78, 5) is 2.47. The monoisotopic (exact) mass is 965 g/mol. The summed E-state index contributed by atoms with van der Waals surface area (Å²) >= 11 is 0. The lowest BCUT2D eigenvalue weighted by atomic mass is 9.65. The van der Waals surface area contributed by atoms with Gasteiger partial charge in [-0.05, 0) is 113 Å². The number of hydrogen-bond donors (Lipinski definition) is 0. The Morgan fingerprint density at radius 3 is 1.43 bits per heavy atom. The Labute approximate surface area is 442 Å². The minimum atomic E-state index is -0.652. The lowest BCUT2D eigenvalue weighted by Crippen LogP contribution is -2.32. The highest BCUT2D eigenvalue weighted by Gasteiger charge is 2.53. The number of para-hydroxylation sites is 1. The molecule has 0 saturated heterocycles. The first-order chi connectivity index (χ1) is 37.7. The predicted octanol–water partition coefficient (Wildman–Crippen LogP) is 19.1. The van der Waals surface area contributed by atoms with Crippen molar-refractivity contribution in [2.24, 2.45) is 0 Å². The van der Waals surface area contributed by atoms with Gasteiger partial charge in [0.15, 0.2) is 0 Å². The Morgan fingerprint density at radius 1 is 0.263 bits per heavy atom. The maximum atomic E-state index is 7.29. The molecule has 1 aliphatic heterocycles. The van der Waals surface area contributed by atoms with Crippen LogP contribution in [-0.4, -0.2) is 0 Å². The summed E-state index contributed by atoms with van der Waals surface area (Å²) in [6.45, 7) is 0. The second-order valence-corrected chi connectivity index (χ2v) is 20.6. The molecule has 354 valence electrons. The lowest BCUT2D eigenvalue weighted by molar-refractivity contribution is 0.447. The first kappa shape index (κ1) is 42.7. The first-order valence-corrected chi connectivity index (χ1v) is 26.4. The van der Waals surface area contributed by atoms with Crippen LogP contribution in [0, 0.1) is 0 Å². The number of anilines is 3. The van der Waals surface area contributed by atoms with Gasteiger partial charge >= 0.3 is 0 Å². The third-order valence-electron chi connectivity index (χ3n) is 17.0. The van der Waals surface area contributed by atoms with Crippen molar-refractivity contribution in [3.05, 3.63) is 330 Å². The Balaban J connectivity index is 0.931. The molecular formula is C74H47NO. The van der Waals surface area contributed by atoms with Crippen LogP contribution in [0.4, 0.5) is 17.1 Å². The molecule has 1 heterocycles. The fraction of sp³-hybridized carbons (Fsp3) is 0.0270. The zero-order valence-corrected chi connectivity index (χ0v) is 41.5. The topological polar surface area (TPSA) is 12.5 Å². The Morgan fingerprint density at radius 2 is 0.750 bits per heavy atom. The van der Waals surface area contributed by atoms with Gasteiger partial charge in [-0.1, -0.05) is 255 Å². The average Bonchev–Trinajstić information content (AvgIpc) is 3.96. The number of nitrogens with zero attached hydrogens (tertiary/aromatic N) is 1. The van der Waals surface area contributed by atoms with Gasteiger partial charge < -0.3 is 9.64 Å². The van der Waals surface area contributed by atoms with Gasteiger partial charge in [0.2, 0.25) is 0 Å². The van der Waals surface area contributed by atoms with Crippen LogP contribution < -0.4 is 9.64 Å². The van der Waals surface area contributed by atoms with Crippen molar-refractivity contribution >= 4 is 49.4 Å². The third kappa shape index (κ3) is 5.76. The van der Waals surface area contributed by atoms with E-state index in [2.05, 4.69) is 290 Å². The summed E-state index contributed by atoms with van der Waals surface area (Å²) in [5.74, 6) is 1.84. The largest absolute Gasteiger partial charge is 0.455 e. The molecule has 2 heteroatoms. The molecule has 0 bridgehead atoms. The van der Waals surface area contributed by atoms with Crippen molar-refractivity contribution in [1.82, 2.24) is 0 Å². The highest BCUT2D eigenvalue weighted by molar-refractivity contribution is 6.10. The van der Waals surface area contributed by atoms with Crippen LogP contribution in [0.25, 0.3) is 65.7 Å². The Bertz CT molecular complexity index is 4380. The van der Waals surface area contributed by atoms with Crippen LogP contribution in [0.1, 0.15) is 44.5 Å². The molecule has 0 unspecified atom stereocenters. The number of rotatable bonds is 6. The van der Waals surface area contributed by atoms with Crippen molar-refractivity contribution in [3.8, 4) is 44.9 Å². The summed E-state index contributed by atoms with van der Waals surface area (Å²) in [6, 6.07) is 106. The van der Waals surface area contributed by atoms with Crippen molar-refractivity contribution < 1.29 is 4.74 Å². The SMILES string of the molecule is c1ccc(N(c2ccc3c(c2)C(c2ccccc2)(c2ccccc2)c2ccccc2-3)c2cccc3c(-c4cccc5c4-c4ccccc4C54c5ccc6ccccc6c5Oc5c4ccc4ccccc54)cccc23)cc1. The van der Waals surface area contributed by atoms with Crippen LogP contribution in [0.5, 0.6) is 11.5 Å². The molecule has 2 aliphatic carbocycles. The fourth-order valence-electron chi connectivity index (χ4n) is 14.0. The van der Waals surface area contributed by atoms with Gasteiger partial charge in [0.1, 0.15) is 11.5 Å². The van der Waals surface area contributed by atoms with E-state index >= 15 is 0 Å². The molecule has 0 saturated carbocycles. The number of fused-ring (bicyclic) bond motifs is 17. The van der Waals surface area contributed by atoms with E-state index in [-0.39, 0.29) is 0 Å². The molecule has 13 aromatic carbocycles. The van der Waals surface area contributed by atoms with Crippen molar-refractivity contribution in [2.45, 2.75) is 10.8 Å². The molecule has 16 rings (SSSR count). The number of hydrogen-bond acceptors (Lipinski definition) is 2. The maximum Gasteiger partial charge on any atom is 0.140 e. The predicted molar refractivity (Wildman–Crippen MR) is 314 cm³/mol. The second kappa shape index (κ2) is 16.4. The summed E-state index contributed by atoms with van der Waals surface area (Å²) < 4.78 is 7.29. The molecule has 0 atom stereocenters. The number of ether oxygens (including phenoxy) is 1. The summed E-state index contributed by atoms with van der Waals surface area (Å²) in [5, 5.41) is 6.91. The van der Waals surface area contributed by atoms with E-state index in [1.54, 1.807) is 0 Å². The molecule has 0 fully saturated rings. The third-order valence-corrected chi connectivity index (χ3v) is 17.0. The minimum absolute atomic E-state index is 0.536. The van der Waals surface area contributed by atoms with Gasteiger partial charge in [0.25, 0.3) is 0 Å². The van der Waals surface area contributed by atoms with Crippen LogP contribution in [0.3, 0.4) is 0 Å². The van der Waals surface area contributed by atoms with Gasteiger partial charge in [-0.25, -0.2) is 0 Å². The Kier molecular flexibility index (Phi) is 9.20. The summed E-state index contributed by atoms with van der Waals surface area (Å²) in [5.41, 5.74) is 19.5. The highest BCUT2D eigenvalue weighted by atomic mass is 16.5. The standard InChI is InChI=1S/C74H47NO/c1-4-23-50(24-5-1)73(51-25-6-2-7-26-51)63-37-16-14-31-58(63)59-44-43-53(47-68(59)73)75(52-27-8-3-9-28-52)69-40-20-34-56-57(33-18-35-60(56)69)61-36-19-39-65-70(61)62-32-15-17-38-64(62)74(65)66-45-41-48-21-10-12-29-54(48)71(66)76-72-55-30-13-11-22-49(55)42-46-67(72)74/h1-47H. The molecule has 0 amide bonds. The molecule has 0 radical (unpaired) electrons. The van der Waals surface area contributed by atoms with Crippen LogP contribution in [0.2, 0.25) is 0 Å². The molecule has 0 N–H and O–H groups in total. The van der Waals surface area contributed by atoms with Gasteiger partial charge in [-0.3, -0.25) is 0 Å². The molecule has 13 aromatic rings. The molecule has 0 aromatic heterocycles. The summed E-state index contributed by atoms with van der Waals surface area (Å²) in [6.07, 6.45) is 0. The lowest BCUT2D eigenvalue weighted by Gasteiger charge is -2.40. The first-order valence-electron chi connectivity index (χ1n) is 26.4. The second-order valence-electron chi connectivity index (χ2n) is 20.6. The van der Waals surface area contributed by atoms with E-state index in [1.807, 2.05) is 0 Å². The van der Waals surface area contributed by atoms with Crippen LogP contribution in [-0.2, 0) is 10.8 Å². The van der Waals surface area contributed by atoms with Gasteiger partial charge in [0, 0.05) is 38.7 Å². The Hall–Kier alpha value is -9.76. The normalized spacial score (nSPS) is 13.8. The van der Waals surface area contributed by atoms with E-state index in [1.165, 1.54) is 77.5 Å².